The fraction of sp³-hybridized carbons (Fsp3) is 0.360. The normalized spacial score (nSPS) is 14.3. The maximum Gasteiger partial charge on any atom is 0.351 e. The predicted molar refractivity (Wildman–Crippen MR) is 126 cm³/mol. The number of para-hydroxylation sites is 2. The van der Waals surface area contributed by atoms with Gasteiger partial charge < -0.3 is 9.64 Å². The van der Waals surface area contributed by atoms with Crippen molar-refractivity contribution in [2.75, 3.05) is 13.1 Å². The van der Waals surface area contributed by atoms with Crippen LogP contribution in [0.3, 0.4) is 0 Å². The Kier molecular flexibility index (Phi) is 5.58. The van der Waals surface area contributed by atoms with Crippen molar-refractivity contribution in [1.29, 1.82) is 0 Å². The molecule has 0 radical (unpaired) electrons. The molecule has 1 fully saturated rings. The van der Waals surface area contributed by atoms with E-state index < -0.39 is 0 Å². The van der Waals surface area contributed by atoms with E-state index in [4.69, 9.17) is 4.74 Å². The SMILES string of the molecule is CC(C)c1ccc(Oc2nc3ccccc3n3c(=O)n(CC(=O)N4CCCCC4)nc23)cc1. The molecule has 33 heavy (non-hydrogen) atoms. The number of aromatic nitrogens is 4. The van der Waals surface area contributed by atoms with E-state index in [-0.39, 0.29) is 29.7 Å². The molecule has 1 amide bonds. The number of hydrogen-bond acceptors (Lipinski definition) is 5. The highest BCUT2D eigenvalue weighted by molar-refractivity contribution is 5.80. The van der Waals surface area contributed by atoms with Crippen LogP contribution in [0.4, 0.5) is 0 Å². The van der Waals surface area contributed by atoms with Crippen molar-refractivity contribution in [3.8, 4) is 11.6 Å². The molecule has 0 bridgehead atoms. The van der Waals surface area contributed by atoms with Gasteiger partial charge in [-0.05, 0) is 55.0 Å². The number of fused-ring (bicyclic) bond motifs is 3. The molecular formula is C25H27N5O3. The van der Waals surface area contributed by atoms with Gasteiger partial charge in [-0.3, -0.25) is 4.79 Å². The summed E-state index contributed by atoms with van der Waals surface area (Å²) in [6.45, 7) is 5.62. The molecule has 1 aliphatic rings. The van der Waals surface area contributed by atoms with E-state index in [1.165, 1.54) is 14.6 Å². The van der Waals surface area contributed by atoms with Crippen LogP contribution in [0, 0.1) is 0 Å². The minimum atomic E-state index is -0.381. The number of benzene rings is 2. The number of amides is 1. The lowest BCUT2D eigenvalue weighted by Gasteiger charge is -2.26. The first-order valence-corrected chi connectivity index (χ1v) is 11.4. The van der Waals surface area contributed by atoms with Gasteiger partial charge in [0.05, 0.1) is 11.0 Å². The largest absolute Gasteiger partial charge is 0.436 e. The van der Waals surface area contributed by atoms with E-state index in [1.807, 2.05) is 53.4 Å². The molecule has 0 spiro atoms. The molecule has 2 aromatic heterocycles. The number of hydrogen-bond donors (Lipinski definition) is 0. The molecule has 1 aliphatic heterocycles. The van der Waals surface area contributed by atoms with Crippen LogP contribution >= 0.6 is 0 Å². The predicted octanol–water partition coefficient (Wildman–Crippen LogP) is 3.97. The first-order chi connectivity index (χ1) is 16.0. The highest BCUT2D eigenvalue weighted by atomic mass is 16.5. The first-order valence-electron chi connectivity index (χ1n) is 11.4. The van der Waals surface area contributed by atoms with Crippen molar-refractivity contribution >= 4 is 22.6 Å². The molecule has 5 rings (SSSR count). The topological polar surface area (TPSA) is 81.7 Å². The second-order valence-corrected chi connectivity index (χ2v) is 8.77. The number of carbonyl (C=O) groups is 1. The summed E-state index contributed by atoms with van der Waals surface area (Å²) in [5.41, 5.74) is 2.35. The van der Waals surface area contributed by atoms with Gasteiger partial charge in [-0.2, -0.15) is 0 Å². The van der Waals surface area contributed by atoms with Crippen molar-refractivity contribution in [2.24, 2.45) is 0 Å². The standard InChI is InChI=1S/C25H27N5O3/c1-17(2)18-10-12-19(13-11-18)33-24-23-27-29(16-22(31)28-14-6-3-7-15-28)25(32)30(23)21-9-5-4-8-20(21)26-24/h4-5,8-13,17H,3,6-7,14-16H2,1-2H3. The molecule has 170 valence electrons. The van der Waals surface area contributed by atoms with Crippen molar-refractivity contribution < 1.29 is 9.53 Å². The van der Waals surface area contributed by atoms with Gasteiger partial charge in [-0.1, -0.05) is 38.1 Å². The Labute approximate surface area is 191 Å². The van der Waals surface area contributed by atoms with Gasteiger partial charge in [-0.15, -0.1) is 5.10 Å². The number of nitrogens with zero attached hydrogens (tertiary/aromatic N) is 5. The molecule has 2 aromatic carbocycles. The summed E-state index contributed by atoms with van der Waals surface area (Å²) >= 11 is 0. The second kappa shape index (κ2) is 8.69. The van der Waals surface area contributed by atoms with Crippen LogP contribution in [-0.2, 0) is 11.3 Å². The smallest absolute Gasteiger partial charge is 0.351 e. The molecular weight excluding hydrogens is 418 g/mol. The quantitative estimate of drug-likeness (QED) is 0.464. The third kappa shape index (κ3) is 4.08. The lowest BCUT2D eigenvalue weighted by molar-refractivity contribution is -0.133. The van der Waals surface area contributed by atoms with Gasteiger partial charge in [0.15, 0.2) is 0 Å². The van der Waals surface area contributed by atoms with Gasteiger partial charge >= 0.3 is 5.69 Å². The average molecular weight is 446 g/mol. The molecule has 0 N–H and O–H groups in total. The number of likely N-dealkylation sites (tertiary alicyclic amines) is 1. The Morgan fingerprint density at radius 1 is 1.03 bits per heavy atom. The maximum absolute atomic E-state index is 13.3. The summed E-state index contributed by atoms with van der Waals surface area (Å²) in [6, 6.07) is 15.1. The number of piperidine rings is 1. The van der Waals surface area contributed by atoms with Crippen LogP contribution in [0.15, 0.2) is 53.3 Å². The summed E-state index contributed by atoms with van der Waals surface area (Å²) in [7, 11) is 0. The Balaban J connectivity index is 1.56. The molecule has 0 unspecified atom stereocenters. The Bertz CT molecular complexity index is 1360. The Morgan fingerprint density at radius 3 is 2.48 bits per heavy atom. The first kappa shape index (κ1) is 21.2. The molecule has 1 saturated heterocycles. The van der Waals surface area contributed by atoms with E-state index in [0.29, 0.717) is 22.7 Å². The number of rotatable bonds is 5. The molecule has 8 heteroatoms. The van der Waals surface area contributed by atoms with E-state index >= 15 is 0 Å². The molecule has 4 aromatic rings. The van der Waals surface area contributed by atoms with Crippen LogP contribution in [0.1, 0.15) is 44.6 Å². The van der Waals surface area contributed by atoms with Crippen molar-refractivity contribution in [2.45, 2.75) is 45.6 Å². The van der Waals surface area contributed by atoms with Gasteiger partial charge in [0.2, 0.25) is 11.6 Å². The van der Waals surface area contributed by atoms with Crippen molar-refractivity contribution in [3.05, 3.63) is 64.6 Å². The van der Waals surface area contributed by atoms with E-state index in [9.17, 15) is 9.59 Å². The summed E-state index contributed by atoms with van der Waals surface area (Å²) in [6.07, 6.45) is 3.12. The van der Waals surface area contributed by atoms with Gasteiger partial charge in [0, 0.05) is 13.1 Å². The summed E-state index contributed by atoms with van der Waals surface area (Å²) in [5, 5.41) is 4.47. The van der Waals surface area contributed by atoms with Gasteiger partial charge in [0.25, 0.3) is 5.88 Å². The van der Waals surface area contributed by atoms with Crippen molar-refractivity contribution in [1.82, 2.24) is 24.1 Å². The zero-order chi connectivity index (χ0) is 22.9. The third-order valence-electron chi connectivity index (χ3n) is 6.13. The molecule has 0 aliphatic carbocycles. The van der Waals surface area contributed by atoms with E-state index in [2.05, 4.69) is 23.9 Å². The zero-order valence-corrected chi connectivity index (χ0v) is 18.9. The minimum Gasteiger partial charge on any atom is -0.436 e. The summed E-state index contributed by atoms with van der Waals surface area (Å²) in [4.78, 5) is 32.5. The summed E-state index contributed by atoms with van der Waals surface area (Å²) < 4.78 is 8.78. The average Bonchev–Trinajstić information content (AvgIpc) is 3.16. The van der Waals surface area contributed by atoms with Crippen LogP contribution in [0.5, 0.6) is 11.6 Å². The lowest BCUT2D eigenvalue weighted by Crippen LogP contribution is -2.39. The molecule has 3 heterocycles. The monoisotopic (exact) mass is 445 g/mol. The second-order valence-electron chi connectivity index (χ2n) is 8.77. The summed E-state index contributed by atoms with van der Waals surface area (Å²) in [5.74, 6) is 1.16. The highest BCUT2D eigenvalue weighted by Gasteiger charge is 2.22. The van der Waals surface area contributed by atoms with E-state index in [0.717, 1.165) is 32.4 Å². The zero-order valence-electron chi connectivity index (χ0n) is 18.9. The van der Waals surface area contributed by atoms with Crippen LogP contribution in [0.25, 0.3) is 16.7 Å². The van der Waals surface area contributed by atoms with Crippen LogP contribution < -0.4 is 10.4 Å². The highest BCUT2D eigenvalue weighted by Crippen LogP contribution is 2.27. The minimum absolute atomic E-state index is 0.0933. The van der Waals surface area contributed by atoms with Gasteiger partial charge in [0.1, 0.15) is 12.3 Å². The molecule has 0 saturated carbocycles. The third-order valence-corrected chi connectivity index (χ3v) is 6.13. The van der Waals surface area contributed by atoms with Crippen molar-refractivity contribution in [3.63, 3.8) is 0 Å². The van der Waals surface area contributed by atoms with Gasteiger partial charge in [-0.25, -0.2) is 18.9 Å². The molecule has 0 atom stereocenters. The Morgan fingerprint density at radius 2 is 1.76 bits per heavy atom. The van der Waals surface area contributed by atoms with Crippen LogP contribution in [-0.4, -0.2) is 43.1 Å². The number of carbonyl (C=O) groups excluding carboxylic acids is 1. The van der Waals surface area contributed by atoms with Crippen LogP contribution in [0.2, 0.25) is 0 Å². The maximum atomic E-state index is 13.3. The number of ether oxygens (including phenoxy) is 1. The lowest BCUT2D eigenvalue weighted by atomic mass is 10.0. The molecule has 8 nitrogen and oxygen atoms in total. The Hall–Kier alpha value is -3.68. The fourth-order valence-corrected chi connectivity index (χ4v) is 4.25. The van der Waals surface area contributed by atoms with E-state index in [1.54, 1.807) is 0 Å². The fourth-order valence-electron chi connectivity index (χ4n) is 4.25.